The van der Waals surface area contributed by atoms with Gasteiger partial charge in [-0.25, -0.2) is 9.97 Å². The Morgan fingerprint density at radius 2 is 1.87 bits per heavy atom. The van der Waals surface area contributed by atoms with Crippen LogP contribution in [-0.4, -0.2) is 39.1 Å². The number of benzene rings is 1. The van der Waals surface area contributed by atoms with Crippen LogP contribution in [0.25, 0.3) is 11.3 Å². The first-order valence-electron chi connectivity index (χ1n) is 8.00. The Morgan fingerprint density at radius 3 is 2.57 bits per heavy atom. The van der Waals surface area contributed by atoms with Gasteiger partial charge in [0, 0.05) is 18.7 Å². The number of aromatic nitrogens is 2. The summed E-state index contributed by atoms with van der Waals surface area (Å²) in [5, 5.41) is 0.738. The fourth-order valence-electron chi connectivity index (χ4n) is 2.78. The molecule has 5 heteroatoms. The summed E-state index contributed by atoms with van der Waals surface area (Å²) < 4.78 is 0. The van der Waals surface area contributed by atoms with Gasteiger partial charge in [-0.1, -0.05) is 42.1 Å². The summed E-state index contributed by atoms with van der Waals surface area (Å²) >= 11 is 1.52. The molecule has 0 spiro atoms. The van der Waals surface area contributed by atoms with E-state index in [1.54, 1.807) is 0 Å². The van der Waals surface area contributed by atoms with Crippen LogP contribution in [0.1, 0.15) is 25.6 Å². The smallest absolute Gasteiger partial charge is 0.235 e. The van der Waals surface area contributed by atoms with E-state index >= 15 is 0 Å². The Bertz CT molecular complexity index is 684. The van der Waals surface area contributed by atoms with Crippen molar-refractivity contribution in [3.63, 3.8) is 0 Å². The number of nitrogens with zero attached hydrogens (tertiary/aromatic N) is 3. The van der Waals surface area contributed by atoms with Crippen molar-refractivity contribution >= 4 is 17.7 Å². The highest BCUT2D eigenvalue weighted by molar-refractivity contribution is 8.00. The number of aryl methyl sites for hydroxylation is 1. The molecule has 4 nitrogen and oxygen atoms in total. The Labute approximate surface area is 141 Å². The van der Waals surface area contributed by atoms with Crippen LogP contribution in [0, 0.1) is 6.92 Å². The van der Waals surface area contributed by atoms with Gasteiger partial charge in [0.05, 0.1) is 10.9 Å². The van der Waals surface area contributed by atoms with Crippen molar-refractivity contribution in [2.45, 2.75) is 37.0 Å². The maximum atomic E-state index is 12.5. The molecule has 1 aromatic carbocycles. The highest BCUT2D eigenvalue weighted by atomic mass is 32.2. The van der Waals surface area contributed by atoms with Crippen LogP contribution >= 0.6 is 11.8 Å². The van der Waals surface area contributed by atoms with Gasteiger partial charge in [0.15, 0.2) is 0 Å². The van der Waals surface area contributed by atoms with E-state index in [4.69, 9.17) is 0 Å². The van der Waals surface area contributed by atoms with E-state index in [9.17, 15) is 4.79 Å². The lowest BCUT2D eigenvalue weighted by Gasteiger charge is -2.19. The Kier molecular flexibility index (Phi) is 4.96. The van der Waals surface area contributed by atoms with E-state index in [2.05, 4.69) is 9.97 Å². The second kappa shape index (κ2) is 7.13. The van der Waals surface area contributed by atoms with E-state index in [1.165, 1.54) is 11.8 Å². The fourth-order valence-corrected chi connectivity index (χ4v) is 3.76. The molecule has 0 bridgehead atoms. The summed E-state index contributed by atoms with van der Waals surface area (Å²) in [5.74, 6) is 0.944. The molecular formula is C18H21N3OS. The van der Waals surface area contributed by atoms with Crippen LogP contribution in [0.4, 0.5) is 0 Å². The SMILES string of the molecule is Cc1nc(S[C@H](C)C(=O)N2CCCC2)cc(-c2ccccc2)n1. The average Bonchev–Trinajstić information content (AvgIpc) is 3.09. The maximum Gasteiger partial charge on any atom is 0.235 e. The molecule has 1 fully saturated rings. The van der Waals surface area contributed by atoms with Crippen molar-refractivity contribution < 1.29 is 4.79 Å². The third-order valence-electron chi connectivity index (χ3n) is 3.95. The lowest BCUT2D eigenvalue weighted by molar-refractivity contribution is -0.129. The monoisotopic (exact) mass is 327 g/mol. The molecule has 1 saturated heterocycles. The van der Waals surface area contributed by atoms with E-state index in [0.29, 0.717) is 0 Å². The lowest BCUT2D eigenvalue weighted by Crippen LogP contribution is -2.34. The molecule has 1 aliphatic rings. The predicted molar refractivity (Wildman–Crippen MR) is 93.3 cm³/mol. The van der Waals surface area contributed by atoms with Crippen LogP contribution in [-0.2, 0) is 4.79 Å². The topological polar surface area (TPSA) is 46.1 Å². The highest BCUT2D eigenvalue weighted by Crippen LogP contribution is 2.27. The van der Waals surface area contributed by atoms with Crippen molar-refractivity contribution in [1.29, 1.82) is 0 Å². The first-order chi connectivity index (χ1) is 11.1. The van der Waals surface area contributed by atoms with Gasteiger partial charge in [-0.15, -0.1) is 0 Å². The number of thioether (sulfide) groups is 1. The van der Waals surface area contributed by atoms with Gasteiger partial charge < -0.3 is 4.90 Å². The van der Waals surface area contributed by atoms with E-state index in [-0.39, 0.29) is 11.2 Å². The molecule has 0 aliphatic carbocycles. The lowest BCUT2D eigenvalue weighted by atomic mass is 10.1. The highest BCUT2D eigenvalue weighted by Gasteiger charge is 2.24. The maximum absolute atomic E-state index is 12.5. The fraction of sp³-hybridized carbons (Fsp3) is 0.389. The van der Waals surface area contributed by atoms with Crippen molar-refractivity contribution in [2.75, 3.05) is 13.1 Å². The van der Waals surface area contributed by atoms with E-state index in [0.717, 1.165) is 48.0 Å². The molecule has 0 saturated carbocycles. The van der Waals surface area contributed by atoms with Gasteiger partial charge in [0.25, 0.3) is 0 Å². The molecule has 2 aromatic rings. The molecule has 1 aliphatic heterocycles. The van der Waals surface area contributed by atoms with Gasteiger partial charge >= 0.3 is 0 Å². The zero-order chi connectivity index (χ0) is 16.2. The second-order valence-electron chi connectivity index (χ2n) is 5.80. The third kappa shape index (κ3) is 3.91. The van der Waals surface area contributed by atoms with Crippen molar-refractivity contribution in [3.8, 4) is 11.3 Å². The second-order valence-corrected chi connectivity index (χ2v) is 7.16. The zero-order valence-corrected chi connectivity index (χ0v) is 14.3. The van der Waals surface area contributed by atoms with Crippen LogP contribution in [0.2, 0.25) is 0 Å². The minimum absolute atomic E-state index is 0.119. The van der Waals surface area contributed by atoms with E-state index in [1.807, 2.05) is 55.1 Å². The molecule has 1 amide bonds. The number of carbonyl (C=O) groups is 1. The van der Waals surface area contributed by atoms with Crippen molar-refractivity contribution in [3.05, 3.63) is 42.2 Å². The number of hydrogen-bond acceptors (Lipinski definition) is 4. The summed E-state index contributed by atoms with van der Waals surface area (Å²) in [6.45, 7) is 5.64. The van der Waals surface area contributed by atoms with Crippen LogP contribution in [0.5, 0.6) is 0 Å². The molecule has 0 unspecified atom stereocenters. The van der Waals surface area contributed by atoms with Gasteiger partial charge in [-0.3, -0.25) is 4.79 Å². The summed E-state index contributed by atoms with van der Waals surface area (Å²) in [6.07, 6.45) is 2.24. The van der Waals surface area contributed by atoms with Crippen molar-refractivity contribution in [2.24, 2.45) is 0 Å². The number of amides is 1. The molecule has 1 atom stereocenters. The predicted octanol–water partition coefficient (Wildman–Crippen LogP) is 3.56. The van der Waals surface area contributed by atoms with Gasteiger partial charge in [-0.2, -0.15) is 0 Å². The quantitative estimate of drug-likeness (QED) is 0.636. The Balaban J connectivity index is 1.77. The third-order valence-corrected chi connectivity index (χ3v) is 4.95. The molecule has 0 N–H and O–H groups in total. The number of rotatable bonds is 4. The van der Waals surface area contributed by atoms with E-state index < -0.39 is 0 Å². The average molecular weight is 327 g/mol. The molecule has 120 valence electrons. The van der Waals surface area contributed by atoms with Crippen LogP contribution < -0.4 is 0 Å². The standard InChI is InChI=1S/C18H21N3OS/c1-13(18(22)21-10-6-7-11-21)23-17-12-16(19-14(2)20-17)15-8-4-3-5-9-15/h3-5,8-9,12-13H,6-7,10-11H2,1-2H3/t13-/m1/s1. The largest absolute Gasteiger partial charge is 0.342 e. The van der Waals surface area contributed by atoms with Crippen molar-refractivity contribution in [1.82, 2.24) is 14.9 Å². The first-order valence-corrected chi connectivity index (χ1v) is 8.88. The minimum Gasteiger partial charge on any atom is -0.342 e. The minimum atomic E-state index is -0.119. The summed E-state index contributed by atoms with van der Waals surface area (Å²) in [4.78, 5) is 23.4. The van der Waals surface area contributed by atoms with Crippen LogP contribution in [0.15, 0.2) is 41.4 Å². The molecule has 0 radical (unpaired) electrons. The number of carbonyl (C=O) groups excluding carboxylic acids is 1. The summed E-state index contributed by atoms with van der Waals surface area (Å²) in [7, 11) is 0. The normalized spacial score (nSPS) is 15.7. The molecule has 3 rings (SSSR count). The molecule has 1 aromatic heterocycles. The molecular weight excluding hydrogens is 306 g/mol. The first kappa shape index (κ1) is 16.0. The number of hydrogen-bond donors (Lipinski definition) is 0. The van der Waals surface area contributed by atoms with Gasteiger partial charge in [0.1, 0.15) is 10.9 Å². The molecule has 2 heterocycles. The van der Waals surface area contributed by atoms with Gasteiger partial charge in [0.2, 0.25) is 5.91 Å². The number of likely N-dealkylation sites (tertiary alicyclic amines) is 1. The van der Waals surface area contributed by atoms with Crippen LogP contribution in [0.3, 0.4) is 0 Å². The summed E-state index contributed by atoms with van der Waals surface area (Å²) in [6, 6.07) is 12.0. The Hall–Kier alpha value is -1.88. The zero-order valence-electron chi connectivity index (χ0n) is 13.5. The Morgan fingerprint density at radius 1 is 1.17 bits per heavy atom. The van der Waals surface area contributed by atoms with Gasteiger partial charge in [-0.05, 0) is 32.8 Å². The summed E-state index contributed by atoms with van der Waals surface area (Å²) in [5.41, 5.74) is 1.97. The molecule has 23 heavy (non-hydrogen) atoms.